The fourth-order valence-electron chi connectivity index (χ4n) is 4.97. The van der Waals surface area contributed by atoms with Crippen LogP contribution in [0.1, 0.15) is 79.5 Å². The van der Waals surface area contributed by atoms with E-state index in [4.69, 9.17) is 32.7 Å². The molecule has 0 saturated carbocycles. The van der Waals surface area contributed by atoms with Crippen molar-refractivity contribution >= 4 is 69.2 Å². The number of carbonyl (C=O) groups is 3. The Morgan fingerprint density at radius 2 is 1.48 bits per heavy atom. The lowest BCUT2D eigenvalue weighted by atomic mass is 9.87. The van der Waals surface area contributed by atoms with Crippen LogP contribution in [-0.4, -0.2) is 45.2 Å². The van der Waals surface area contributed by atoms with E-state index < -0.39 is 21.4 Å². The monoisotopic (exact) mass is 730 g/mol. The van der Waals surface area contributed by atoms with Gasteiger partial charge in [-0.15, -0.1) is 11.8 Å². The van der Waals surface area contributed by atoms with E-state index in [0.717, 1.165) is 45.3 Å². The number of hydrogen-bond donors (Lipinski definition) is 1. The Morgan fingerprint density at radius 3 is 2.00 bits per heavy atom. The smallest absolute Gasteiger partial charge is 0.321 e. The maximum Gasteiger partial charge on any atom is 0.321 e. The van der Waals surface area contributed by atoms with Crippen molar-refractivity contribution in [3.05, 3.63) is 103 Å². The van der Waals surface area contributed by atoms with Gasteiger partial charge in [0.15, 0.2) is 5.78 Å². The first kappa shape index (κ1) is 39.5. The van der Waals surface area contributed by atoms with E-state index in [1.807, 2.05) is 97.9 Å². The van der Waals surface area contributed by atoms with Gasteiger partial charge in [-0.3, -0.25) is 14.4 Å². The number of ketones is 1. The van der Waals surface area contributed by atoms with Crippen LogP contribution in [0.3, 0.4) is 0 Å². The van der Waals surface area contributed by atoms with Gasteiger partial charge >= 0.3 is 5.97 Å². The summed E-state index contributed by atoms with van der Waals surface area (Å²) in [6.45, 7) is 17.1. The molecule has 1 aliphatic rings. The summed E-state index contributed by atoms with van der Waals surface area (Å²) in [5, 5.41) is 11.0. The molecule has 258 valence electrons. The molecule has 1 heterocycles. The fraction of sp³-hybridized carbons (Fsp3) is 0.395. The van der Waals surface area contributed by atoms with Crippen molar-refractivity contribution in [1.29, 1.82) is 0 Å². The van der Waals surface area contributed by atoms with Crippen LogP contribution >= 0.6 is 46.7 Å². The van der Waals surface area contributed by atoms with Crippen LogP contribution < -0.4 is 4.74 Å². The number of rotatable bonds is 10. The van der Waals surface area contributed by atoms with E-state index in [2.05, 4.69) is 0 Å². The Balaban J connectivity index is 0.000000294. The zero-order valence-electron chi connectivity index (χ0n) is 29.2. The molecule has 6 nitrogen and oxygen atoms in total. The summed E-state index contributed by atoms with van der Waals surface area (Å²) < 4.78 is 9.04. The Morgan fingerprint density at radius 1 is 0.938 bits per heavy atom. The summed E-state index contributed by atoms with van der Waals surface area (Å²) in [7, 11) is 1.62. The highest BCUT2D eigenvalue weighted by molar-refractivity contribution is 8.16. The quantitative estimate of drug-likeness (QED) is 0.163. The minimum Gasteiger partial charge on any atom is -0.510 e. The first-order chi connectivity index (χ1) is 22.3. The summed E-state index contributed by atoms with van der Waals surface area (Å²) in [6, 6.07) is 15.0. The molecule has 1 atom stereocenters. The van der Waals surface area contributed by atoms with Crippen LogP contribution in [0.4, 0.5) is 0 Å². The van der Waals surface area contributed by atoms with Crippen molar-refractivity contribution in [2.45, 2.75) is 83.5 Å². The second-order valence-corrected chi connectivity index (χ2v) is 16.7. The number of aliphatic hydroxyl groups is 1. The molecule has 0 aliphatic carbocycles. The maximum atomic E-state index is 13.6. The van der Waals surface area contributed by atoms with E-state index in [1.165, 1.54) is 11.8 Å². The number of hydrogen-bond acceptors (Lipinski definition) is 8. The van der Waals surface area contributed by atoms with Crippen molar-refractivity contribution in [1.82, 2.24) is 0 Å². The Labute approximate surface area is 303 Å². The predicted molar refractivity (Wildman–Crippen MR) is 201 cm³/mol. The van der Waals surface area contributed by atoms with Crippen LogP contribution in [0.25, 0.3) is 5.57 Å². The van der Waals surface area contributed by atoms with Crippen molar-refractivity contribution in [2.24, 2.45) is 0 Å². The van der Waals surface area contributed by atoms with Gasteiger partial charge in [0, 0.05) is 21.4 Å². The predicted octanol–water partition coefficient (Wildman–Crippen LogP) is 10.2. The summed E-state index contributed by atoms with van der Waals surface area (Å²) >= 11 is 15.3. The topological polar surface area (TPSA) is 89.9 Å². The molecule has 4 rings (SSSR count). The number of thioether (sulfide) groups is 2. The molecule has 0 amide bonds. The van der Waals surface area contributed by atoms with E-state index in [1.54, 1.807) is 20.1 Å². The molecule has 0 radical (unpaired) electrons. The molecule has 3 aromatic carbocycles. The zero-order chi connectivity index (χ0) is 36.1. The number of esters is 1. The molecule has 10 heteroatoms. The van der Waals surface area contributed by atoms with E-state index in [0.29, 0.717) is 32.5 Å². The molecule has 48 heavy (non-hydrogen) atoms. The lowest BCUT2D eigenvalue weighted by Gasteiger charge is -2.28. The minimum atomic E-state index is -1.06. The first-order valence-corrected chi connectivity index (χ1v) is 18.1. The average molecular weight is 732 g/mol. The molecule has 1 N–H and O–H groups in total. The van der Waals surface area contributed by atoms with Gasteiger partial charge in [0.25, 0.3) is 0 Å². The summed E-state index contributed by atoms with van der Waals surface area (Å²) in [4.78, 5) is 38.4. The molecule has 1 unspecified atom stereocenters. The largest absolute Gasteiger partial charge is 0.510 e. The number of Topliss-reactive ketones (excluding diaryl/α,β-unsaturated/α-hetero) is 1. The summed E-state index contributed by atoms with van der Waals surface area (Å²) in [6.07, 6.45) is 0. The summed E-state index contributed by atoms with van der Waals surface area (Å²) in [5.74, 6) is -0.321. The molecule has 0 spiro atoms. The second-order valence-electron chi connectivity index (χ2n) is 12.7. The third-order valence-corrected chi connectivity index (χ3v) is 11.4. The second kappa shape index (κ2) is 16.2. The SMILES string of the molecule is CCOC(=O)C(C(=O)C(C)(C)SCc1ccc(OC)cc1)c1cc(C)c(C)cc1Cl.Cc1cc(Cl)c(C2=C(O)C(C)(C)SC2=O)cc1C. The van der Waals surface area contributed by atoms with Gasteiger partial charge in [-0.1, -0.05) is 53.2 Å². The van der Waals surface area contributed by atoms with Gasteiger partial charge in [-0.05, 0) is 126 Å². The number of methoxy groups -OCH3 is 1. The van der Waals surface area contributed by atoms with Crippen LogP contribution in [0.15, 0.2) is 54.3 Å². The molecule has 0 saturated heterocycles. The van der Waals surface area contributed by atoms with Gasteiger partial charge in [0.1, 0.15) is 17.4 Å². The Hall–Kier alpha value is -2.91. The molecule has 0 fully saturated rings. The standard InChI is InChI=1S/C24H29ClO4S.C14H15ClO2S/c1-7-29-23(27)21(19-12-15(2)16(3)13-20(19)25)22(26)24(4,5)30-14-17-8-10-18(28-6)11-9-17;1-7-5-9(10(15)6-8(7)2)11-12(16)14(3,4)18-13(11)17/h8-13,21H,7,14H2,1-6H3;5-6,16H,1-4H3. The molecular weight excluding hydrogens is 687 g/mol. The van der Waals surface area contributed by atoms with Gasteiger partial charge < -0.3 is 14.6 Å². The van der Waals surface area contributed by atoms with Gasteiger partial charge in [0.2, 0.25) is 5.12 Å². The van der Waals surface area contributed by atoms with Crippen molar-refractivity contribution in [3.63, 3.8) is 0 Å². The lowest BCUT2D eigenvalue weighted by molar-refractivity contribution is -0.148. The minimum absolute atomic E-state index is 0.114. The third-order valence-electron chi connectivity index (χ3n) is 8.27. The fourth-order valence-corrected chi connectivity index (χ4v) is 7.56. The molecule has 1 aliphatic heterocycles. The number of ether oxygens (including phenoxy) is 2. The number of aryl methyl sites for hydroxylation is 4. The highest BCUT2D eigenvalue weighted by Crippen LogP contribution is 2.47. The highest BCUT2D eigenvalue weighted by atomic mass is 35.5. The zero-order valence-corrected chi connectivity index (χ0v) is 32.3. The van der Waals surface area contributed by atoms with Crippen LogP contribution in [0, 0.1) is 27.7 Å². The van der Waals surface area contributed by atoms with E-state index in [-0.39, 0.29) is 23.3 Å². The Bertz CT molecular complexity index is 1730. The van der Waals surface area contributed by atoms with Crippen molar-refractivity contribution < 1.29 is 29.0 Å². The van der Waals surface area contributed by atoms with Crippen molar-refractivity contribution in [3.8, 4) is 5.75 Å². The van der Waals surface area contributed by atoms with Crippen molar-refractivity contribution in [2.75, 3.05) is 13.7 Å². The number of halogens is 2. The van der Waals surface area contributed by atoms with Crippen LogP contribution in [-0.2, 0) is 24.9 Å². The Kier molecular flexibility index (Phi) is 13.3. The number of aliphatic hydroxyl groups excluding tert-OH is 1. The van der Waals surface area contributed by atoms with Crippen LogP contribution in [0.2, 0.25) is 10.0 Å². The van der Waals surface area contributed by atoms with E-state index in [9.17, 15) is 19.5 Å². The molecule has 0 bridgehead atoms. The molecule has 3 aromatic rings. The van der Waals surface area contributed by atoms with Gasteiger partial charge in [0.05, 0.1) is 28.8 Å². The lowest BCUT2D eigenvalue weighted by Crippen LogP contribution is -2.37. The number of benzene rings is 3. The van der Waals surface area contributed by atoms with Gasteiger partial charge in [-0.25, -0.2) is 0 Å². The highest BCUT2D eigenvalue weighted by Gasteiger charge is 2.42. The maximum absolute atomic E-state index is 13.6. The van der Waals surface area contributed by atoms with E-state index >= 15 is 0 Å². The third kappa shape index (κ3) is 9.20. The first-order valence-electron chi connectivity index (χ1n) is 15.5. The molecule has 0 aromatic heterocycles. The average Bonchev–Trinajstić information content (AvgIpc) is 3.22. The summed E-state index contributed by atoms with van der Waals surface area (Å²) in [5.41, 5.74) is 6.64. The van der Waals surface area contributed by atoms with Gasteiger partial charge in [-0.2, -0.15) is 0 Å². The number of carbonyl (C=O) groups excluding carboxylic acids is 3. The molecular formula is C38H44Cl2O6S2. The van der Waals surface area contributed by atoms with Crippen LogP contribution in [0.5, 0.6) is 5.75 Å². The normalized spacial score (nSPS) is 14.7.